The van der Waals surface area contributed by atoms with Crippen molar-refractivity contribution in [2.45, 2.75) is 38.7 Å². The number of nitrogens with two attached hydrogens (primary N) is 1. The number of ether oxygens (including phenoxy) is 1. The first-order valence-electron chi connectivity index (χ1n) is 6.13. The molecule has 1 atom stereocenters. The molecule has 3 nitrogen and oxygen atoms in total. The predicted octanol–water partition coefficient (Wildman–Crippen LogP) is 2.27. The molecule has 0 saturated carbocycles. The van der Waals surface area contributed by atoms with Crippen LogP contribution in [0.5, 0.6) is 0 Å². The van der Waals surface area contributed by atoms with Gasteiger partial charge >= 0.3 is 0 Å². The van der Waals surface area contributed by atoms with Crippen LogP contribution in [0.1, 0.15) is 40.4 Å². The van der Waals surface area contributed by atoms with Crippen molar-refractivity contribution in [1.29, 1.82) is 0 Å². The van der Waals surface area contributed by atoms with Gasteiger partial charge in [-0.3, -0.25) is 4.79 Å². The van der Waals surface area contributed by atoms with Crippen molar-refractivity contribution in [3.63, 3.8) is 0 Å². The Labute approximate surface area is 114 Å². The quantitative estimate of drug-likeness (QED) is 0.915. The van der Waals surface area contributed by atoms with E-state index in [1.165, 1.54) is 11.1 Å². The van der Waals surface area contributed by atoms with Gasteiger partial charge in [0.1, 0.15) is 0 Å². The van der Waals surface area contributed by atoms with Gasteiger partial charge in [-0.1, -0.05) is 13.0 Å². The summed E-state index contributed by atoms with van der Waals surface area (Å²) in [6, 6.07) is 3.89. The van der Waals surface area contributed by atoms with Crippen molar-refractivity contribution in [1.82, 2.24) is 0 Å². The highest BCUT2D eigenvalue weighted by Crippen LogP contribution is 2.28. The molecule has 0 spiro atoms. The van der Waals surface area contributed by atoms with E-state index in [2.05, 4.69) is 6.92 Å². The lowest BCUT2D eigenvalue weighted by Gasteiger charge is -2.26. The van der Waals surface area contributed by atoms with Gasteiger partial charge in [0.15, 0.2) is 0 Å². The summed E-state index contributed by atoms with van der Waals surface area (Å²) in [6.07, 6.45) is 4.13. The van der Waals surface area contributed by atoms with Crippen LogP contribution in [0.2, 0.25) is 0 Å². The molecular weight excluding hydrogens is 250 g/mol. The van der Waals surface area contributed by atoms with Crippen LogP contribution in [0, 0.1) is 0 Å². The molecule has 1 unspecified atom stereocenters. The number of primary amides is 1. The van der Waals surface area contributed by atoms with Gasteiger partial charge in [-0.05, 0) is 48.4 Å². The molecule has 0 saturated heterocycles. The number of hydrogen-bond donors (Lipinski definition) is 1. The Morgan fingerprint density at radius 1 is 1.50 bits per heavy atom. The zero-order chi connectivity index (χ0) is 12.4. The van der Waals surface area contributed by atoms with Gasteiger partial charge in [0, 0.05) is 12.7 Å². The van der Waals surface area contributed by atoms with Crippen molar-refractivity contribution >= 4 is 18.3 Å². The maximum Gasteiger partial charge on any atom is 0.248 e. The number of methoxy groups -OCH3 is 1. The molecule has 1 aromatic rings. The summed E-state index contributed by atoms with van der Waals surface area (Å²) < 4.78 is 5.41. The Kier molecular flexibility index (Phi) is 5.17. The molecule has 0 aliphatic heterocycles. The van der Waals surface area contributed by atoms with Gasteiger partial charge in [-0.25, -0.2) is 0 Å². The Morgan fingerprint density at radius 3 is 2.78 bits per heavy atom. The molecule has 18 heavy (non-hydrogen) atoms. The molecule has 0 aromatic heterocycles. The van der Waals surface area contributed by atoms with Gasteiger partial charge in [0.25, 0.3) is 0 Å². The zero-order valence-electron chi connectivity index (χ0n) is 10.9. The highest BCUT2D eigenvalue weighted by atomic mass is 35.5. The van der Waals surface area contributed by atoms with E-state index in [9.17, 15) is 4.79 Å². The van der Waals surface area contributed by atoms with Crippen LogP contribution in [0.15, 0.2) is 12.1 Å². The van der Waals surface area contributed by atoms with Gasteiger partial charge in [0.2, 0.25) is 5.91 Å². The molecule has 4 heteroatoms. The largest absolute Gasteiger partial charge is 0.381 e. The minimum Gasteiger partial charge on any atom is -0.381 e. The minimum atomic E-state index is -0.321. The van der Waals surface area contributed by atoms with Crippen LogP contribution < -0.4 is 5.73 Å². The Morgan fingerprint density at radius 2 is 2.22 bits per heavy atom. The summed E-state index contributed by atoms with van der Waals surface area (Å²) in [5.41, 5.74) is 9.85. The minimum absolute atomic E-state index is 0. The van der Waals surface area contributed by atoms with Crippen molar-refractivity contribution in [3.05, 3.63) is 34.4 Å². The van der Waals surface area contributed by atoms with Crippen LogP contribution in [-0.2, 0) is 24.0 Å². The molecule has 0 radical (unpaired) electrons. The molecule has 1 aliphatic rings. The van der Waals surface area contributed by atoms with Crippen molar-refractivity contribution in [2.75, 3.05) is 7.11 Å². The van der Waals surface area contributed by atoms with Crippen LogP contribution >= 0.6 is 12.4 Å². The SMILES string of the molecule is CCc1c(C(N)=O)ccc2c1CCC(OC)C2.Cl. The lowest BCUT2D eigenvalue weighted by atomic mass is 9.83. The van der Waals surface area contributed by atoms with Gasteiger partial charge in [0.05, 0.1) is 6.10 Å². The van der Waals surface area contributed by atoms with E-state index in [0.29, 0.717) is 11.7 Å². The number of hydrogen-bond acceptors (Lipinski definition) is 2. The standard InChI is InChI=1S/C14H19NO2.ClH/c1-3-11-12-7-5-10(17-2)8-9(12)4-6-13(11)14(15)16;/h4,6,10H,3,5,7-8H2,1-2H3,(H2,15,16);1H. The third-order valence-corrected chi connectivity index (χ3v) is 3.64. The van der Waals surface area contributed by atoms with Crippen LogP contribution in [-0.4, -0.2) is 19.1 Å². The molecule has 0 fully saturated rings. The van der Waals surface area contributed by atoms with Crippen molar-refractivity contribution in [2.24, 2.45) is 5.73 Å². The normalized spacial score (nSPS) is 17.8. The number of halogens is 1. The predicted molar refractivity (Wildman–Crippen MR) is 74.4 cm³/mol. The zero-order valence-corrected chi connectivity index (χ0v) is 11.7. The van der Waals surface area contributed by atoms with Crippen molar-refractivity contribution < 1.29 is 9.53 Å². The molecule has 1 aliphatic carbocycles. The molecule has 100 valence electrons. The van der Waals surface area contributed by atoms with E-state index in [1.807, 2.05) is 12.1 Å². The number of rotatable bonds is 3. The number of fused-ring (bicyclic) bond motifs is 1. The number of amides is 1. The topological polar surface area (TPSA) is 52.3 Å². The summed E-state index contributed by atoms with van der Waals surface area (Å²) in [7, 11) is 1.76. The van der Waals surface area contributed by atoms with E-state index < -0.39 is 0 Å². The first-order valence-corrected chi connectivity index (χ1v) is 6.13. The van der Waals surface area contributed by atoms with Crippen molar-refractivity contribution in [3.8, 4) is 0 Å². The van der Waals surface area contributed by atoms with Crippen LogP contribution in [0.4, 0.5) is 0 Å². The average molecular weight is 270 g/mol. The fourth-order valence-corrected chi connectivity index (χ4v) is 2.73. The van der Waals surface area contributed by atoms with Gasteiger partial charge in [-0.2, -0.15) is 0 Å². The second-order valence-electron chi connectivity index (χ2n) is 4.55. The van der Waals surface area contributed by atoms with Crippen LogP contribution in [0.3, 0.4) is 0 Å². The van der Waals surface area contributed by atoms with E-state index >= 15 is 0 Å². The molecule has 1 aromatic carbocycles. The first kappa shape index (κ1) is 15.0. The molecule has 1 amide bonds. The maximum atomic E-state index is 11.4. The summed E-state index contributed by atoms with van der Waals surface area (Å²) in [6.45, 7) is 2.07. The average Bonchev–Trinajstić information content (AvgIpc) is 2.36. The van der Waals surface area contributed by atoms with E-state index in [-0.39, 0.29) is 18.3 Å². The molecule has 2 N–H and O–H groups in total. The third-order valence-electron chi connectivity index (χ3n) is 3.64. The van der Waals surface area contributed by atoms with Gasteiger partial charge in [-0.15, -0.1) is 12.4 Å². The molecular formula is C14H20ClNO2. The van der Waals surface area contributed by atoms with E-state index in [1.54, 1.807) is 7.11 Å². The highest BCUT2D eigenvalue weighted by Gasteiger charge is 2.22. The first-order chi connectivity index (χ1) is 8.17. The summed E-state index contributed by atoms with van der Waals surface area (Å²) in [5, 5.41) is 0. The highest BCUT2D eigenvalue weighted by molar-refractivity contribution is 5.94. The molecule has 0 heterocycles. The lowest BCUT2D eigenvalue weighted by Crippen LogP contribution is -2.24. The summed E-state index contributed by atoms with van der Waals surface area (Å²) in [5.74, 6) is -0.321. The number of carbonyl (C=O) groups excluding carboxylic acids is 1. The van der Waals surface area contributed by atoms with Crippen LogP contribution in [0.25, 0.3) is 0 Å². The third kappa shape index (κ3) is 2.68. The Balaban J connectivity index is 0.00000162. The maximum absolute atomic E-state index is 11.4. The Hall–Kier alpha value is -1.06. The molecule has 2 rings (SSSR count). The smallest absolute Gasteiger partial charge is 0.248 e. The summed E-state index contributed by atoms with van der Waals surface area (Å²) >= 11 is 0. The fourth-order valence-electron chi connectivity index (χ4n) is 2.73. The number of carbonyl (C=O) groups is 1. The van der Waals surface area contributed by atoms with Gasteiger partial charge < -0.3 is 10.5 Å². The monoisotopic (exact) mass is 269 g/mol. The Bertz CT molecular complexity index is 446. The fraction of sp³-hybridized carbons (Fsp3) is 0.500. The number of benzene rings is 1. The summed E-state index contributed by atoms with van der Waals surface area (Å²) in [4.78, 5) is 11.4. The molecule has 0 bridgehead atoms. The second-order valence-corrected chi connectivity index (χ2v) is 4.55. The lowest BCUT2D eigenvalue weighted by molar-refractivity contribution is 0.0909. The second kappa shape index (κ2) is 6.21. The van der Waals surface area contributed by atoms with E-state index in [4.69, 9.17) is 10.5 Å². The van der Waals surface area contributed by atoms with E-state index in [0.717, 1.165) is 31.2 Å².